The third-order valence-electron chi connectivity index (χ3n) is 2.14. The van der Waals surface area contributed by atoms with Crippen molar-refractivity contribution in [2.45, 2.75) is 13.3 Å². The smallest absolute Gasteiger partial charge is 0.232 e. The number of carbonyl (C=O) groups excluding carboxylic acids is 1. The van der Waals surface area contributed by atoms with Crippen LogP contribution in [0.3, 0.4) is 0 Å². The summed E-state index contributed by atoms with van der Waals surface area (Å²) in [6.45, 7) is 1.81. The molecular formula is C12H11ClN2O2. The predicted octanol–water partition coefficient (Wildman–Crippen LogP) is 2.82. The number of anilines is 1. The maximum Gasteiger partial charge on any atom is 0.232 e. The van der Waals surface area contributed by atoms with Crippen molar-refractivity contribution in [2.75, 3.05) is 5.32 Å². The van der Waals surface area contributed by atoms with Gasteiger partial charge in [0.25, 0.3) is 0 Å². The Morgan fingerprint density at radius 1 is 1.41 bits per heavy atom. The molecule has 0 spiro atoms. The van der Waals surface area contributed by atoms with Crippen LogP contribution in [0.4, 0.5) is 5.69 Å². The summed E-state index contributed by atoms with van der Waals surface area (Å²) in [5.41, 5.74) is 1.47. The molecule has 2 aromatic rings. The van der Waals surface area contributed by atoms with E-state index in [0.717, 1.165) is 5.69 Å². The minimum absolute atomic E-state index is 0.150. The highest BCUT2D eigenvalue weighted by atomic mass is 35.5. The lowest BCUT2D eigenvalue weighted by molar-refractivity contribution is -0.115. The Kier molecular flexibility index (Phi) is 3.44. The van der Waals surface area contributed by atoms with Crippen LogP contribution in [0.1, 0.15) is 11.5 Å². The molecule has 1 heterocycles. The molecule has 0 atom stereocenters. The van der Waals surface area contributed by atoms with Crippen LogP contribution in [0.2, 0.25) is 5.02 Å². The lowest BCUT2D eigenvalue weighted by Gasteiger charge is -2.03. The first-order valence-corrected chi connectivity index (χ1v) is 5.49. The van der Waals surface area contributed by atoms with Crippen molar-refractivity contribution in [3.8, 4) is 0 Å². The van der Waals surface area contributed by atoms with Gasteiger partial charge < -0.3 is 9.84 Å². The fourth-order valence-electron chi connectivity index (χ4n) is 1.40. The van der Waals surface area contributed by atoms with E-state index >= 15 is 0 Å². The fraction of sp³-hybridized carbons (Fsp3) is 0.167. The van der Waals surface area contributed by atoms with Crippen molar-refractivity contribution in [2.24, 2.45) is 0 Å². The van der Waals surface area contributed by atoms with E-state index in [0.29, 0.717) is 16.5 Å². The molecule has 0 fully saturated rings. The van der Waals surface area contributed by atoms with Crippen molar-refractivity contribution < 1.29 is 9.32 Å². The number of carbonyl (C=O) groups is 1. The molecule has 5 heteroatoms. The van der Waals surface area contributed by atoms with Crippen LogP contribution in [0, 0.1) is 6.92 Å². The Morgan fingerprint density at radius 3 is 2.71 bits per heavy atom. The average molecular weight is 251 g/mol. The van der Waals surface area contributed by atoms with Crippen LogP contribution < -0.4 is 5.32 Å². The molecule has 88 valence electrons. The van der Waals surface area contributed by atoms with Gasteiger partial charge in [-0.05, 0) is 31.2 Å². The number of benzene rings is 1. The van der Waals surface area contributed by atoms with Crippen molar-refractivity contribution >= 4 is 23.2 Å². The molecule has 0 bridgehead atoms. The molecule has 2 rings (SSSR count). The largest absolute Gasteiger partial charge is 0.361 e. The maximum atomic E-state index is 11.6. The van der Waals surface area contributed by atoms with Crippen LogP contribution >= 0.6 is 11.6 Å². The van der Waals surface area contributed by atoms with E-state index in [1.54, 1.807) is 30.3 Å². The monoisotopic (exact) mass is 250 g/mol. The van der Waals surface area contributed by atoms with Gasteiger partial charge in [-0.3, -0.25) is 4.79 Å². The third kappa shape index (κ3) is 3.32. The Morgan fingerprint density at radius 2 is 2.12 bits per heavy atom. The van der Waals surface area contributed by atoms with Crippen molar-refractivity contribution in [3.63, 3.8) is 0 Å². The number of amides is 1. The topological polar surface area (TPSA) is 55.1 Å². The van der Waals surface area contributed by atoms with Gasteiger partial charge in [-0.1, -0.05) is 16.8 Å². The quantitative estimate of drug-likeness (QED) is 0.911. The van der Waals surface area contributed by atoms with E-state index in [4.69, 9.17) is 16.1 Å². The molecule has 1 amide bonds. The molecular weight excluding hydrogens is 240 g/mol. The number of nitrogens with zero attached hydrogens (tertiary/aromatic N) is 1. The van der Waals surface area contributed by atoms with E-state index in [1.165, 1.54) is 0 Å². The molecule has 0 radical (unpaired) electrons. The second-order valence-electron chi connectivity index (χ2n) is 3.67. The third-order valence-corrected chi connectivity index (χ3v) is 2.39. The Labute approximate surface area is 104 Å². The first-order valence-electron chi connectivity index (χ1n) is 5.11. The SMILES string of the molecule is Cc1cc(CC(=O)Nc2ccc(Cl)cc2)on1. The van der Waals surface area contributed by atoms with E-state index < -0.39 is 0 Å². The zero-order chi connectivity index (χ0) is 12.3. The zero-order valence-corrected chi connectivity index (χ0v) is 9.99. The standard InChI is InChI=1S/C12H11ClN2O2/c1-8-6-11(17-15-8)7-12(16)14-10-4-2-9(13)3-5-10/h2-6H,7H2,1H3,(H,14,16). The molecule has 1 N–H and O–H groups in total. The van der Waals surface area contributed by atoms with Gasteiger partial charge in [0.1, 0.15) is 5.76 Å². The summed E-state index contributed by atoms with van der Waals surface area (Å²) in [5.74, 6) is 0.400. The summed E-state index contributed by atoms with van der Waals surface area (Å²) >= 11 is 5.74. The maximum absolute atomic E-state index is 11.6. The molecule has 17 heavy (non-hydrogen) atoms. The Bertz CT molecular complexity index is 520. The summed E-state index contributed by atoms with van der Waals surface area (Å²) < 4.78 is 4.96. The van der Waals surface area contributed by atoms with Gasteiger partial charge in [0.05, 0.1) is 12.1 Å². The van der Waals surface area contributed by atoms with Gasteiger partial charge in [0, 0.05) is 16.8 Å². The van der Waals surface area contributed by atoms with Crippen LogP contribution in [0.15, 0.2) is 34.9 Å². The lowest BCUT2D eigenvalue weighted by Crippen LogP contribution is -2.13. The number of hydrogen-bond acceptors (Lipinski definition) is 3. The molecule has 0 saturated heterocycles. The summed E-state index contributed by atoms with van der Waals surface area (Å²) in [6, 6.07) is 8.66. The van der Waals surface area contributed by atoms with Crippen molar-refractivity contribution in [1.82, 2.24) is 5.16 Å². The molecule has 0 aliphatic heterocycles. The van der Waals surface area contributed by atoms with Crippen LogP contribution in [0.5, 0.6) is 0 Å². The zero-order valence-electron chi connectivity index (χ0n) is 9.24. The van der Waals surface area contributed by atoms with E-state index in [1.807, 2.05) is 6.92 Å². The van der Waals surface area contributed by atoms with E-state index in [-0.39, 0.29) is 12.3 Å². The molecule has 0 unspecified atom stereocenters. The first-order chi connectivity index (χ1) is 8.13. The summed E-state index contributed by atoms with van der Waals surface area (Å²) in [6.07, 6.45) is 0.170. The van der Waals surface area contributed by atoms with Gasteiger partial charge in [-0.25, -0.2) is 0 Å². The van der Waals surface area contributed by atoms with Gasteiger partial charge in [-0.15, -0.1) is 0 Å². The second kappa shape index (κ2) is 5.01. The minimum Gasteiger partial charge on any atom is -0.361 e. The molecule has 0 aliphatic carbocycles. The minimum atomic E-state index is -0.150. The number of halogens is 1. The van der Waals surface area contributed by atoms with Gasteiger partial charge in [-0.2, -0.15) is 0 Å². The molecule has 1 aromatic heterocycles. The highest BCUT2D eigenvalue weighted by Crippen LogP contribution is 2.13. The highest BCUT2D eigenvalue weighted by Gasteiger charge is 2.08. The second-order valence-corrected chi connectivity index (χ2v) is 4.10. The normalized spacial score (nSPS) is 10.2. The predicted molar refractivity (Wildman–Crippen MR) is 65.0 cm³/mol. The summed E-state index contributed by atoms with van der Waals surface area (Å²) in [7, 11) is 0. The average Bonchev–Trinajstić information content (AvgIpc) is 2.67. The van der Waals surface area contributed by atoms with E-state index in [2.05, 4.69) is 10.5 Å². The van der Waals surface area contributed by atoms with Crippen molar-refractivity contribution in [1.29, 1.82) is 0 Å². The van der Waals surface area contributed by atoms with Crippen LogP contribution in [0.25, 0.3) is 0 Å². The Balaban J connectivity index is 1.95. The highest BCUT2D eigenvalue weighted by molar-refractivity contribution is 6.30. The summed E-state index contributed by atoms with van der Waals surface area (Å²) in [5, 5.41) is 7.09. The Hall–Kier alpha value is -1.81. The molecule has 0 saturated carbocycles. The number of nitrogens with one attached hydrogen (secondary N) is 1. The first kappa shape index (κ1) is 11.7. The van der Waals surface area contributed by atoms with Crippen molar-refractivity contribution in [3.05, 3.63) is 46.8 Å². The lowest BCUT2D eigenvalue weighted by atomic mass is 10.2. The van der Waals surface area contributed by atoms with Crippen LogP contribution in [-0.4, -0.2) is 11.1 Å². The fourth-order valence-corrected chi connectivity index (χ4v) is 1.52. The molecule has 4 nitrogen and oxygen atoms in total. The number of rotatable bonds is 3. The van der Waals surface area contributed by atoms with Gasteiger partial charge in [0.15, 0.2) is 0 Å². The van der Waals surface area contributed by atoms with E-state index in [9.17, 15) is 4.79 Å². The molecule has 1 aromatic carbocycles. The summed E-state index contributed by atoms with van der Waals surface area (Å²) in [4.78, 5) is 11.6. The van der Waals surface area contributed by atoms with Gasteiger partial charge >= 0.3 is 0 Å². The van der Waals surface area contributed by atoms with Gasteiger partial charge in [0.2, 0.25) is 5.91 Å². The number of hydrogen-bond donors (Lipinski definition) is 1. The molecule has 0 aliphatic rings. The number of aryl methyl sites for hydroxylation is 1. The number of aromatic nitrogens is 1. The van der Waals surface area contributed by atoms with Crippen LogP contribution in [-0.2, 0) is 11.2 Å².